The number of hydrogen-bond donors (Lipinski definition) is 1. The van der Waals surface area contributed by atoms with Crippen molar-refractivity contribution in [2.24, 2.45) is 0 Å². The van der Waals surface area contributed by atoms with Crippen LogP contribution in [-0.2, 0) is 16.1 Å². The van der Waals surface area contributed by atoms with Crippen LogP contribution < -0.4 is 0 Å². The van der Waals surface area contributed by atoms with Crippen LogP contribution in [0.5, 0.6) is 0 Å². The Balaban J connectivity index is 1.83. The Morgan fingerprint density at radius 3 is 2.50 bits per heavy atom. The Hall–Kier alpha value is -1.88. The summed E-state index contributed by atoms with van der Waals surface area (Å²) in [7, 11) is 0. The normalized spacial score (nSPS) is 14.8. The minimum absolute atomic E-state index is 0.00499. The van der Waals surface area contributed by atoms with Gasteiger partial charge in [-0.25, -0.2) is 0 Å². The number of carbonyl (C=O) groups excluding carboxylic acids is 2. The van der Waals surface area contributed by atoms with Gasteiger partial charge in [0.2, 0.25) is 11.8 Å². The van der Waals surface area contributed by atoms with Crippen molar-refractivity contribution in [2.45, 2.75) is 26.0 Å². The van der Waals surface area contributed by atoms with E-state index in [1.807, 2.05) is 30.3 Å². The number of likely N-dealkylation sites (tertiary alicyclic amines) is 1. The SMILES string of the molecule is CC(=O)N(CCC(=O)N1CC(O)C1)Cc1ccccc1. The first kappa shape index (κ1) is 14.5. The summed E-state index contributed by atoms with van der Waals surface area (Å²) in [4.78, 5) is 26.7. The zero-order valence-corrected chi connectivity index (χ0v) is 11.7. The summed E-state index contributed by atoms with van der Waals surface area (Å²) >= 11 is 0. The molecule has 0 unspecified atom stereocenters. The summed E-state index contributed by atoms with van der Waals surface area (Å²) in [5.41, 5.74) is 1.05. The fourth-order valence-electron chi connectivity index (χ4n) is 2.20. The summed E-state index contributed by atoms with van der Waals surface area (Å²) in [6, 6.07) is 9.72. The Kier molecular flexibility index (Phi) is 4.74. The van der Waals surface area contributed by atoms with E-state index < -0.39 is 0 Å². The molecule has 5 heteroatoms. The number of aliphatic hydroxyl groups is 1. The van der Waals surface area contributed by atoms with Gasteiger partial charge in [-0.15, -0.1) is 0 Å². The van der Waals surface area contributed by atoms with Gasteiger partial charge in [0.25, 0.3) is 0 Å². The van der Waals surface area contributed by atoms with Gasteiger partial charge in [-0.1, -0.05) is 30.3 Å². The molecule has 1 fully saturated rings. The molecule has 1 aliphatic rings. The lowest BCUT2D eigenvalue weighted by atomic mass is 10.1. The van der Waals surface area contributed by atoms with Crippen LogP contribution in [0.2, 0.25) is 0 Å². The van der Waals surface area contributed by atoms with Gasteiger partial charge in [0.15, 0.2) is 0 Å². The second-order valence-corrected chi connectivity index (χ2v) is 5.13. The van der Waals surface area contributed by atoms with E-state index in [1.54, 1.807) is 9.80 Å². The molecular formula is C15H20N2O3. The number of amides is 2. The molecule has 0 bridgehead atoms. The summed E-state index contributed by atoms with van der Waals surface area (Å²) < 4.78 is 0. The summed E-state index contributed by atoms with van der Waals surface area (Å²) in [5, 5.41) is 9.17. The van der Waals surface area contributed by atoms with Gasteiger partial charge in [-0.05, 0) is 5.56 Å². The van der Waals surface area contributed by atoms with Gasteiger partial charge in [0.05, 0.1) is 6.10 Å². The van der Waals surface area contributed by atoms with Gasteiger partial charge < -0.3 is 14.9 Å². The van der Waals surface area contributed by atoms with Crippen molar-refractivity contribution in [3.05, 3.63) is 35.9 Å². The highest BCUT2D eigenvalue weighted by Gasteiger charge is 2.28. The lowest BCUT2D eigenvalue weighted by Crippen LogP contribution is -2.54. The van der Waals surface area contributed by atoms with Crippen LogP contribution in [0.1, 0.15) is 18.9 Å². The number of rotatable bonds is 5. The molecule has 1 heterocycles. The van der Waals surface area contributed by atoms with Crippen molar-refractivity contribution in [2.75, 3.05) is 19.6 Å². The number of nitrogens with zero attached hydrogens (tertiary/aromatic N) is 2. The molecule has 0 aliphatic carbocycles. The Morgan fingerprint density at radius 2 is 1.95 bits per heavy atom. The van der Waals surface area contributed by atoms with E-state index in [-0.39, 0.29) is 17.9 Å². The fraction of sp³-hybridized carbons (Fsp3) is 0.467. The van der Waals surface area contributed by atoms with Gasteiger partial charge in [-0.3, -0.25) is 9.59 Å². The summed E-state index contributed by atoms with van der Waals surface area (Å²) in [6.07, 6.45) is -0.0775. The monoisotopic (exact) mass is 276 g/mol. The molecule has 5 nitrogen and oxygen atoms in total. The van der Waals surface area contributed by atoms with Crippen molar-refractivity contribution in [3.63, 3.8) is 0 Å². The zero-order valence-electron chi connectivity index (χ0n) is 11.7. The number of carbonyl (C=O) groups is 2. The minimum Gasteiger partial charge on any atom is -0.389 e. The van der Waals surface area contributed by atoms with Crippen molar-refractivity contribution in [1.29, 1.82) is 0 Å². The van der Waals surface area contributed by atoms with Crippen LogP contribution in [0, 0.1) is 0 Å². The lowest BCUT2D eigenvalue weighted by molar-refractivity contribution is -0.142. The van der Waals surface area contributed by atoms with Crippen LogP contribution in [0.15, 0.2) is 30.3 Å². The maximum atomic E-state index is 11.8. The van der Waals surface area contributed by atoms with Crippen LogP contribution in [0.4, 0.5) is 0 Å². The predicted molar refractivity (Wildman–Crippen MR) is 74.7 cm³/mol. The number of β-amino-alcohol motifs (C(OH)–C–C–N with tert-alkyl or cyclic N) is 1. The topological polar surface area (TPSA) is 60.9 Å². The maximum Gasteiger partial charge on any atom is 0.224 e. The molecule has 0 radical (unpaired) electrons. The van der Waals surface area contributed by atoms with E-state index in [1.165, 1.54) is 6.92 Å². The van der Waals surface area contributed by atoms with Gasteiger partial charge >= 0.3 is 0 Å². The van der Waals surface area contributed by atoms with Gasteiger partial charge in [0, 0.05) is 39.5 Å². The third-order valence-electron chi connectivity index (χ3n) is 3.47. The van der Waals surface area contributed by atoms with Crippen LogP contribution in [0.25, 0.3) is 0 Å². The molecule has 0 spiro atoms. The maximum absolute atomic E-state index is 11.8. The van der Waals surface area contributed by atoms with Crippen LogP contribution >= 0.6 is 0 Å². The van der Waals surface area contributed by atoms with Crippen molar-refractivity contribution >= 4 is 11.8 Å². The molecule has 20 heavy (non-hydrogen) atoms. The fourth-order valence-corrected chi connectivity index (χ4v) is 2.20. The second-order valence-electron chi connectivity index (χ2n) is 5.13. The quantitative estimate of drug-likeness (QED) is 0.858. The molecule has 1 saturated heterocycles. The molecule has 108 valence electrons. The molecule has 1 N–H and O–H groups in total. The van der Waals surface area contributed by atoms with E-state index in [9.17, 15) is 9.59 Å². The van der Waals surface area contributed by atoms with E-state index in [2.05, 4.69) is 0 Å². The Bertz CT molecular complexity index is 469. The summed E-state index contributed by atoms with van der Waals surface area (Å²) in [6.45, 7) is 3.28. The first-order chi connectivity index (χ1) is 9.56. The lowest BCUT2D eigenvalue weighted by Gasteiger charge is -2.36. The molecule has 1 aromatic carbocycles. The standard InChI is InChI=1S/C15H20N2O3/c1-12(18)16(9-13-5-3-2-4-6-13)8-7-15(20)17-10-14(19)11-17/h2-6,14,19H,7-11H2,1H3. The first-order valence-corrected chi connectivity index (χ1v) is 6.81. The molecule has 1 aliphatic heterocycles. The highest BCUT2D eigenvalue weighted by Crippen LogP contribution is 2.11. The number of aliphatic hydroxyl groups excluding tert-OH is 1. The predicted octanol–water partition coefficient (Wildman–Crippen LogP) is 0.628. The second kappa shape index (κ2) is 6.52. The Morgan fingerprint density at radius 1 is 1.30 bits per heavy atom. The third-order valence-corrected chi connectivity index (χ3v) is 3.47. The molecule has 1 aromatic rings. The minimum atomic E-state index is -0.382. The van der Waals surface area contributed by atoms with Crippen LogP contribution in [-0.4, -0.2) is 52.5 Å². The molecule has 0 saturated carbocycles. The molecule has 2 rings (SSSR count). The van der Waals surface area contributed by atoms with Crippen molar-refractivity contribution in [3.8, 4) is 0 Å². The average Bonchev–Trinajstić information content (AvgIpc) is 2.40. The largest absolute Gasteiger partial charge is 0.389 e. The van der Waals surface area contributed by atoms with E-state index in [0.29, 0.717) is 32.6 Å². The third kappa shape index (κ3) is 3.81. The number of hydrogen-bond acceptors (Lipinski definition) is 3. The van der Waals surface area contributed by atoms with Gasteiger partial charge in [-0.2, -0.15) is 0 Å². The van der Waals surface area contributed by atoms with E-state index in [0.717, 1.165) is 5.56 Å². The molecule has 0 aromatic heterocycles. The van der Waals surface area contributed by atoms with E-state index >= 15 is 0 Å². The van der Waals surface area contributed by atoms with Crippen molar-refractivity contribution < 1.29 is 14.7 Å². The molecule has 2 amide bonds. The highest BCUT2D eigenvalue weighted by molar-refractivity contribution is 5.78. The van der Waals surface area contributed by atoms with E-state index in [4.69, 9.17) is 5.11 Å². The highest BCUT2D eigenvalue weighted by atomic mass is 16.3. The average molecular weight is 276 g/mol. The molecule has 0 atom stereocenters. The summed E-state index contributed by atoms with van der Waals surface area (Å²) in [5.74, 6) is -0.0418. The van der Waals surface area contributed by atoms with Crippen molar-refractivity contribution in [1.82, 2.24) is 9.80 Å². The zero-order chi connectivity index (χ0) is 14.5. The first-order valence-electron chi connectivity index (χ1n) is 6.81. The van der Waals surface area contributed by atoms with Gasteiger partial charge in [0.1, 0.15) is 0 Å². The van der Waals surface area contributed by atoms with Crippen LogP contribution in [0.3, 0.4) is 0 Å². The molecular weight excluding hydrogens is 256 g/mol. The Labute approximate surface area is 118 Å². The number of benzene rings is 1. The smallest absolute Gasteiger partial charge is 0.224 e.